The minimum absolute atomic E-state index is 0.152. The molecule has 0 saturated heterocycles. The normalized spacial score (nSPS) is 10.4. The van der Waals surface area contributed by atoms with Crippen LogP contribution in [-0.2, 0) is 20.0 Å². The minimum Gasteiger partial charge on any atom is -0.355 e. The molecule has 0 radical (unpaired) electrons. The molecular formula is C21H22N4O2. The van der Waals surface area contributed by atoms with Crippen LogP contribution in [0, 0.1) is 0 Å². The van der Waals surface area contributed by atoms with Crippen LogP contribution in [0.3, 0.4) is 0 Å². The summed E-state index contributed by atoms with van der Waals surface area (Å²) >= 11 is 0. The van der Waals surface area contributed by atoms with Gasteiger partial charge in [-0.1, -0.05) is 42.5 Å². The number of nitrogens with zero attached hydrogens (tertiary/aromatic N) is 2. The van der Waals surface area contributed by atoms with Crippen molar-refractivity contribution in [1.82, 2.24) is 20.4 Å². The molecule has 1 heterocycles. The molecule has 0 aliphatic rings. The molecule has 2 aromatic carbocycles. The van der Waals surface area contributed by atoms with Crippen LogP contribution in [0.25, 0.3) is 0 Å². The van der Waals surface area contributed by atoms with E-state index in [1.54, 1.807) is 36.1 Å². The zero-order chi connectivity index (χ0) is 19.2. The van der Waals surface area contributed by atoms with E-state index in [1.807, 2.05) is 43.4 Å². The second kappa shape index (κ2) is 8.31. The summed E-state index contributed by atoms with van der Waals surface area (Å²) in [6.07, 6.45) is 2.22. The number of carbonyl (C=O) groups is 2. The van der Waals surface area contributed by atoms with Crippen molar-refractivity contribution in [3.05, 3.63) is 88.7 Å². The molecule has 3 rings (SSSR count). The fraction of sp³-hybridized carbons (Fsp3) is 0.190. The van der Waals surface area contributed by atoms with Gasteiger partial charge in [-0.25, -0.2) is 0 Å². The van der Waals surface area contributed by atoms with Gasteiger partial charge in [0.05, 0.1) is 17.5 Å². The van der Waals surface area contributed by atoms with E-state index in [4.69, 9.17) is 0 Å². The average molecular weight is 362 g/mol. The Balaban J connectivity index is 1.71. The lowest BCUT2D eigenvalue weighted by Gasteiger charge is -2.09. The first-order valence-electron chi connectivity index (χ1n) is 8.72. The van der Waals surface area contributed by atoms with Gasteiger partial charge in [0.1, 0.15) is 0 Å². The maximum absolute atomic E-state index is 12.7. The van der Waals surface area contributed by atoms with Crippen LogP contribution in [0.4, 0.5) is 0 Å². The maximum Gasteiger partial charge on any atom is 0.255 e. The SMILES string of the molecule is CNC(=O)c1cccc(CNC(=O)c2cnn(C)c2Cc2ccccc2)c1. The Bertz CT molecular complexity index is 948. The van der Waals surface area contributed by atoms with E-state index in [1.165, 1.54) is 0 Å². The van der Waals surface area contributed by atoms with Crippen LogP contribution < -0.4 is 10.6 Å². The molecule has 6 nitrogen and oxygen atoms in total. The lowest BCUT2D eigenvalue weighted by molar-refractivity contribution is 0.0947. The molecular weight excluding hydrogens is 340 g/mol. The number of rotatable bonds is 6. The monoisotopic (exact) mass is 362 g/mol. The van der Waals surface area contributed by atoms with Gasteiger partial charge in [0.25, 0.3) is 11.8 Å². The molecule has 3 aromatic rings. The fourth-order valence-electron chi connectivity index (χ4n) is 2.90. The smallest absolute Gasteiger partial charge is 0.255 e. The van der Waals surface area contributed by atoms with E-state index in [2.05, 4.69) is 15.7 Å². The Morgan fingerprint density at radius 1 is 1.00 bits per heavy atom. The fourth-order valence-corrected chi connectivity index (χ4v) is 2.90. The van der Waals surface area contributed by atoms with E-state index in [0.717, 1.165) is 16.8 Å². The maximum atomic E-state index is 12.7. The first kappa shape index (κ1) is 18.4. The third kappa shape index (κ3) is 4.41. The van der Waals surface area contributed by atoms with Crippen molar-refractivity contribution in [2.75, 3.05) is 7.05 Å². The largest absolute Gasteiger partial charge is 0.355 e. The molecule has 0 aliphatic carbocycles. The molecule has 1 aromatic heterocycles. The van der Waals surface area contributed by atoms with E-state index in [0.29, 0.717) is 24.1 Å². The van der Waals surface area contributed by atoms with Crippen molar-refractivity contribution < 1.29 is 9.59 Å². The average Bonchev–Trinajstić information content (AvgIpc) is 3.07. The Labute approximate surface area is 158 Å². The molecule has 0 aliphatic heterocycles. The summed E-state index contributed by atoms with van der Waals surface area (Å²) in [5, 5.41) is 9.75. The zero-order valence-corrected chi connectivity index (χ0v) is 15.4. The predicted octanol–water partition coefficient (Wildman–Crippen LogP) is 2.30. The summed E-state index contributed by atoms with van der Waals surface area (Å²) in [5.74, 6) is -0.333. The Hall–Kier alpha value is -3.41. The van der Waals surface area contributed by atoms with E-state index >= 15 is 0 Å². The summed E-state index contributed by atoms with van der Waals surface area (Å²) in [7, 11) is 3.43. The van der Waals surface area contributed by atoms with Crippen molar-refractivity contribution >= 4 is 11.8 Å². The van der Waals surface area contributed by atoms with Gasteiger partial charge in [-0.15, -0.1) is 0 Å². The van der Waals surface area contributed by atoms with Crippen LogP contribution >= 0.6 is 0 Å². The summed E-state index contributed by atoms with van der Waals surface area (Å²) < 4.78 is 1.73. The first-order chi connectivity index (χ1) is 13.1. The molecule has 0 unspecified atom stereocenters. The van der Waals surface area contributed by atoms with Gasteiger partial charge in [0.15, 0.2) is 0 Å². The number of nitrogens with one attached hydrogen (secondary N) is 2. The summed E-state index contributed by atoms with van der Waals surface area (Å²) in [4.78, 5) is 24.4. The highest BCUT2D eigenvalue weighted by Gasteiger charge is 2.16. The summed E-state index contributed by atoms with van der Waals surface area (Å²) in [6.45, 7) is 0.337. The van der Waals surface area contributed by atoms with Gasteiger partial charge in [-0.3, -0.25) is 14.3 Å². The highest BCUT2D eigenvalue weighted by molar-refractivity contribution is 5.95. The molecule has 138 valence electrons. The van der Waals surface area contributed by atoms with Crippen LogP contribution in [0.15, 0.2) is 60.8 Å². The number of aryl methyl sites for hydroxylation is 1. The lowest BCUT2D eigenvalue weighted by atomic mass is 10.1. The van der Waals surface area contributed by atoms with Crippen molar-refractivity contribution in [2.45, 2.75) is 13.0 Å². The predicted molar refractivity (Wildman–Crippen MR) is 103 cm³/mol. The third-order valence-corrected chi connectivity index (χ3v) is 4.39. The first-order valence-corrected chi connectivity index (χ1v) is 8.72. The van der Waals surface area contributed by atoms with E-state index < -0.39 is 0 Å². The molecule has 0 saturated carbocycles. The standard InChI is InChI=1S/C21H22N4O2/c1-22-20(26)17-10-6-9-16(11-17)13-23-21(27)18-14-24-25(2)19(18)12-15-7-4-3-5-8-15/h3-11,14H,12-13H2,1-2H3,(H,22,26)(H,23,27). The van der Waals surface area contributed by atoms with Crippen LogP contribution in [-0.4, -0.2) is 28.6 Å². The Morgan fingerprint density at radius 3 is 2.48 bits per heavy atom. The number of carbonyl (C=O) groups excluding carboxylic acids is 2. The number of amides is 2. The second-order valence-corrected chi connectivity index (χ2v) is 6.25. The van der Waals surface area contributed by atoms with Gasteiger partial charge in [-0.05, 0) is 23.3 Å². The van der Waals surface area contributed by atoms with Gasteiger partial charge >= 0.3 is 0 Å². The number of aromatic nitrogens is 2. The zero-order valence-electron chi connectivity index (χ0n) is 15.4. The number of hydrogen-bond donors (Lipinski definition) is 2. The quantitative estimate of drug-likeness (QED) is 0.706. The van der Waals surface area contributed by atoms with Gasteiger partial charge < -0.3 is 10.6 Å². The van der Waals surface area contributed by atoms with Crippen molar-refractivity contribution in [2.24, 2.45) is 7.05 Å². The molecule has 27 heavy (non-hydrogen) atoms. The van der Waals surface area contributed by atoms with Gasteiger partial charge in [0, 0.05) is 32.6 Å². The lowest BCUT2D eigenvalue weighted by Crippen LogP contribution is -2.24. The van der Waals surface area contributed by atoms with Crippen LogP contribution in [0.2, 0.25) is 0 Å². The third-order valence-electron chi connectivity index (χ3n) is 4.39. The molecule has 6 heteroatoms. The molecule has 0 fully saturated rings. The van der Waals surface area contributed by atoms with Crippen molar-refractivity contribution in [1.29, 1.82) is 0 Å². The molecule has 0 bridgehead atoms. The van der Waals surface area contributed by atoms with Crippen LogP contribution in [0.5, 0.6) is 0 Å². The Morgan fingerprint density at radius 2 is 1.74 bits per heavy atom. The molecule has 0 spiro atoms. The highest BCUT2D eigenvalue weighted by Crippen LogP contribution is 2.14. The number of benzene rings is 2. The van der Waals surface area contributed by atoms with E-state index in [-0.39, 0.29) is 11.8 Å². The molecule has 2 amide bonds. The topological polar surface area (TPSA) is 76.0 Å². The summed E-state index contributed by atoms with van der Waals surface area (Å²) in [5.41, 5.74) is 3.96. The minimum atomic E-state index is -0.181. The van der Waals surface area contributed by atoms with Gasteiger partial charge in [0.2, 0.25) is 0 Å². The molecule has 2 N–H and O–H groups in total. The van der Waals surface area contributed by atoms with E-state index in [9.17, 15) is 9.59 Å². The summed E-state index contributed by atoms with van der Waals surface area (Å²) in [6, 6.07) is 17.2. The number of hydrogen-bond acceptors (Lipinski definition) is 3. The van der Waals surface area contributed by atoms with Crippen molar-refractivity contribution in [3.8, 4) is 0 Å². The van der Waals surface area contributed by atoms with Gasteiger partial charge in [-0.2, -0.15) is 5.10 Å². The van der Waals surface area contributed by atoms with Crippen molar-refractivity contribution in [3.63, 3.8) is 0 Å². The molecule has 0 atom stereocenters. The highest BCUT2D eigenvalue weighted by atomic mass is 16.2. The Kier molecular flexibility index (Phi) is 5.66. The van der Waals surface area contributed by atoms with Crippen LogP contribution in [0.1, 0.15) is 37.5 Å². The second-order valence-electron chi connectivity index (χ2n) is 6.25.